The van der Waals surface area contributed by atoms with E-state index in [9.17, 15) is 4.39 Å². The Morgan fingerprint density at radius 1 is 1.47 bits per heavy atom. The minimum absolute atomic E-state index is 0.249. The van der Waals surface area contributed by atoms with Crippen LogP contribution in [0.3, 0.4) is 0 Å². The van der Waals surface area contributed by atoms with Crippen molar-refractivity contribution >= 4 is 5.69 Å². The van der Waals surface area contributed by atoms with E-state index in [0.717, 1.165) is 5.69 Å². The fourth-order valence-electron chi connectivity index (χ4n) is 1.22. The molecule has 0 saturated carbocycles. The zero-order valence-corrected chi connectivity index (χ0v) is 8.65. The number of halogens is 1. The summed E-state index contributed by atoms with van der Waals surface area (Å²) in [5.74, 6) is -0.249. The first-order valence-electron chi connectivity index (χ1n) is 4.75. The lowest BCUT2D eigenvalue weighted by atomic mass is 10.2. The highest BCUT2D eigenvalue weighted by molar-refractivity contribution is 5.45. The van der Waals surface area contributed by atoms with Gasteiger partial charge in [-0.3, -0.25) is 0 Å². The average molecular weight is 207 g/mol. The predicted octanol–water partition coefficient (Wildman–Crippen LogP) is 1.50. The molecule has 0 fully saturated rings. The quantitative estimate of drug-likeness (QED) is 0.814. The van der Waals surface area contributed by atoms with E-state index in [1.165, 1.54) is 12.1 Å². The standard InChI is InChI=1S/C11H14FN3/c1-15(7-6-10(14)8-13)11-4-2-9(12)3-5-11/h2-5,10H,6-7,14H2,1H3. The molecule has 0 amide bonds. The van der Waals surface area contributed by atoms with Crippen LogP contribution in [0.5, 0.6) is 0 Å². The van der Waals surface area contributed by atoms with Gasteiger partial charge < -0.3 is 10.6 Å². The molecular weight excluding hydrogens is 193 g/mol. The molecule has 0 heterocycles. The van der Waals surface area contributed by atoms with Crippen molar-refractivity contribution in [3.63, 3.8) is 0 Å². The maximum atomic E-state index is 12.6. The molecule has 3 nitrogen and oxygen atoms in total. The van der Waals surface area contributed by atoms with Gasteiger partial charge in [-0.15, -0.1) is 0 Å². The van der Waals surface area contributed by atoms with Crippen molar-refractivity contribution in [3.05, 3.63) is 30.1 Å². The molecule has 0 aromatic heterocycles. The second-order valence-electron chi connectivity index (χ2n) is 3.42. The van der Waals surface area contributed by atoms with Crippen molar-refractivity contribution in [2.45, 2.75) is 12.5 Å². The number of nitriles is 1. The summed E-state index contributed by atoms with van der Waals surface area (Å²) in [6, 6.07) is 7.76. The largest absolute Gasteiger partial charge is 0.374 e. The second-order valence-corrected chi connectivity index (χ2v) is 3.42. The maximum absolute atomic E-state index is 12.6. The lowest BCUT2D eigenvalue weighted by molar-refractivity contribution is 0.627. The van der Waals surface area contributed by atoms with Gasteiger partial charge in [-0.25, -0.2) is 4.39 Å². The van der Waals surface area contributed by atoms with Crippen molar-refractivity contribution in [2.24, 2.45) is 5.73 Å². The van der Waals surface area contributed by atoms with Crippen LogP contribution >= 0.6 is 0 Å². The highest BCUT2D eigenvalue weighted by atomic mass is 19.1. The van der Waals surface area contributed by atoms with E-state index in [1.54, 1.807) is 12.1 Å². The third kappa shape index (κ3) is 3.56. The molecule has 0 spiro atoms. The van der Waals surface area contributed by atoms with Crippen molar-refractivity contribution in [2.75, 3.05) is 18.5 Å². The molecule has 2 N–H and O–H groups in total. The first kappa shape index (κ1) is 11.5. The second kappa shape index (κ2) is 5.32. The smallest absolute Gasteiger partial charge is 0.123 e. The highest BCUT2D eigenvalue weighted by Gasteiger charge is 2.04. The van der Waals surface area contributed by atoms with Gasteiger partial charge in [0.05, 0.1) is 12.1 Å². The van der Waals surface area contributed by atoms with Gasteiger partial charge >= 0.3 is 0 Å². The lowest BCUT2D eigenvalue weighted by Crippen LogP contribution is -2.26. The molecule has 0 aliphatic rings. The van der Waals surface area contributed by atoms with Gasteiger partial charge in [-0.1, -0.05) is 0 Å². The molecule has 1 aromatic rings. The van der Waals surface area contributed by atoms with Crippen molar-refractivity contribution in [1.29, 1.82) is 5.26 Å². The molecule has 0 bridgehead atoms. The van der Waals surface area contributed by atoms with Crippen LogP contribution < -0.4 is 10.6 Å². The molecule has 4 heteroatoms. The minimum atomic E-state index is -0.437. The Hall–Kier alpha value is -1.60. The number of anilines is 1. The van der Waals surface area contributed by atoms with E-state index in [0.29, 0.717) is 13.0 Å². The molecular formula is C11H14FN3. The molecule has 0 saturated heterocycles. The Kier molecular flexibility index (Phi) is 4.07. The van der Waals surface area contributed by atoms with Gasteiger partial charge in [-0.2, -0.15) is 5.26 Å². The third-order valence-corrected chi connectivity index (χ3v) is 2.21. The fraction of sp³-hybridized carbons (Fsp3) is 0.364. The van der Waals surface area contributed by atoms with E-state index in [2.05, 4.69) is 0 Å². The van der Waals surface area contributed by atoms with E-state index in [1.807, 2.05) is 18.0 Å². The number of rotatable bonds is 4. The summed E-state index contributed by atoms with van der Waals surface area (Å²) >= 11 is 0. The zero-order chi connectivity index (χ0) is 11.3. The van der Waals surface area contributed by atoms with Crippen LogP contribution in [-0.2, 0) is 0 Å². The third-order valence-electron chi connectivity index (χ3n) is 2.21. The summed E-state index contributed by atoms with van der Waals surface area (Å²) in [7, 11) is 1.89. The number of nitrogens with two attached hydrogens (primary N) is 1. The summed E-state index contributed by atoms with van der Waals surface area (Å²) in [6.07, 6.45) is 0.602. The number of hydrogen-bond acceptors (Lipinski definition) is 3. The van der Waals surface area contributed by atoms with Gasteiger partial charge in [0, 0.05) is 19.3 Å². The van der Waals surface area contributed by atoms with Crippen LogP contribution in [0.4, 0.5) is 10.1 Å². The topological polar surface area (TPSA) is 53.0 Å². The van der Waals surface area contributed by atoms with Crippen LogP contribution in [0.25, 0.3) is 0 Å². The molecule has 1 rings (SSSR count). The summed E-state index contributed by atoms with van der Waals surface area (Å²) in [5.41, 5.74) is 6.39. The summed E-state index contributed by atoms with van der Waals surface area (Å²) < 4.78 is 12.6. The molecule has 1 aromatic carbocycles. The van der Waals surface area contributed by atoms with Gasteiger partial charge in [0.15, 0.2) is 0 Å². The van der Waals surface area contributed by atoms with Gasteiger partial charge in [0.2, 0.25) is 0 Å². The van der Waals surface area contributed by atoms with E-state index < -0.39 is 6.04 Å². The maximum Gasteiger partial charge on any atom is 0.123 e. The van der Waals surface area contributed by atoms with Crippen LogP contribution in [-0.4, -0.2) is 19.6 Å². The Labute approximate surface area is 88.9 Å². The van der Waals surface area contributed by atoms with Gasteiger partial charge in [-0.05, 0) is 30.7 Å². The predicted molar refractivity (Wildman–Crippen MR) is 57.9 cm³/mol. The first-order chi connectivity index (χ1) is 7.13. The van der Waals surface area contributed by atoms with Crippen molar-refractivity contribution < 1.29 is 4.39 Å². The molecule has 0 radical (unpaired) electrons. The van der Waals surface area contributed by atoms with E-state index in [4.69, 9.17) is 11.0 Å². The van der Waals surface area contributed by atoms with Crippen molar-refractivity contribution in [1.82, 2.24) is 0 Å². The molecule has 1 unspecified atom stereocenters. The normalized spacial score (nSPS) is 11.9. The molecule has 0 aliphatic carbocycles. The van der Waals surface area contributed by atoms with Gasteiger partial charge in [0.25, 0.3) is 0 Å². The average Bonchev–Trinajstić information content (AvgIpc) is 2.26. The fourth-order valence-corrected chi connectivity index (χ4v) is 1.22. The molecule has 1 atom stereocenters. The Morgan fingerprint density at radius 3 is 2.60 bits per heavy atom. The first-order valence-corrected chi connectivity index (χ1v) is 4.75. The summed E-state index contributed by atoms with van der Waals surface area (Å²) in [5, 5.41) is 8.51. The van der Waals surface area contributed by atoms with E-state index in [-0.39, 0.29) is 5.82 Å². The number of hydrogen-bond donors (Lipinski definition) is 1. The van der Waals surface area contributed by atoms with Crippen molar-refractivity contribution in [3.8, 4) is 6.07 Å². The Balaban J connectivity index is 2.51. The van der Waals surface area contributed by atoms with Crippen LogP contribution in [0, 0.1) is 17.1 Å². The Bertz CT molecular complexity index is 342. The monoisotopic (exact) mass is 207 g/mol. The lowest BCUT2D eigenvalue weighted by Gasteiger charge is -2.19. The minimum Gasteiger partial charge on any atom is -0.374 e. The summed E-state index contributed by atoms with van der Waals surface area (Å²) in [4.78, 5) is 1.94. The SMILES string of the molecule is CN(CCC(N)C#N)c1ccc(F)cc1. The van der Waals surface area contributed by atoms with Gasteiger partial charge in [0.1, 0.15) is 5.82 Å². The Morgan fingerprint density at radius 2 is 2.07 bits per heavy atom. The molecule has 0 aliphatic heterocycles. The molecule has 80 valence electrons. The number of nitrogens with zero attached hydrogens (tertiary/aromatic N) is 2. The summed E-state index contributed by atoms with van der Waals surface area (Å²) in [6.45, 7) is 0.681. The van der Waals surface area contributed by atoms with Crippen LogP contribution in [0.2, 0.25) is 0 Å². The van der Waals surface area contributed by atoms with Crippen LogP contribution in [0.15, 0.2) is 24.3 Å². The number of benzene rings is 1. The van der Waals surface area contributed by atoms with E-state index >= 15 is 0 Å². The highest BCUT2D eigenvalue weighted by Crippen LogP contribution is 2.13. The van der Waals surface area contributed by atoms with Crippen LogP contribution in [0.1, 0.15) is 6.42 Å². The zero-order valence-electron chi connectivity index (χ0n) is 8.65. The molecule has 15 heavy (non-hydrogen) atoms.